The molecule has 0 bridgehead atoms. The van der Waals surface area contributed by atoms with Gasteiger partial charge in [0.25, 0.3) is 5.56 Å². The number of thiophene rings is 1. The number of amidine groups is 1. The quantitative estimate of drug-likeness (QED) is 0.178. The summed E-state index contributed by atoms with van der Waals surface area (Å²) in [7, 11) is -5.91. The first-order chi connectivity index (χ1) is 18.9. The molecule has 1 aliphatic rings. The van der Waals surface area contributed by atoms with E-state index in [1.807, 2.05) is 0 Å². The maximum absolute atomic E-state index is 13.9. The highest BCUT2D eigenvalue weighted by Crippen LogP contribution is 2.52. The average Bonchev–Trinajstić information content (AvgIpc) is 3.42. The zero-order valence-electron chi connectivity index (χ0n) is 21.5. The summed E-state index contributed by atoms with van der Waals surface area (Å²) in [5.41, 5.74) is 1.20. The van der Waals surface area contributed by atoms with Crippen LogP contribution < -0.4 is 20.9 Å². The van der Waals surface area contributed by atoms with Crippen LogP contribution in [0.2, 0.25) is 0 Å². The molecule has 5 rings (SSSR count). The second-order valence-electron chi connectivity index (χ2n) is 9.07. The van der Waals surface area contributed by atoms with E-state index >= 15 is 0 Å². The van der Waals surface area contributed by atoms with Crippen LogP contribution in [0, 0.1) is 12.7 Å². The minimum Gasteiger partial charge on any atom is -0.505 e. The van der Waals surface area contributed by atoms with E-state index < -0.39 is 29.6 Å². The van der Waals surface area contributed by atoms with Gasteiger partial charge in [-0.05, 0) is 53.8 Å². The standard InChI is InChI=1S/C25H25FN5O6PS2/c1-14-10-15(4-6-18(14)26)12-31-25(33)21(23(32)22(28-31)16-8-9-39-13-16)24-27-19-7-5-17(30-40(3,35)36)11-20(19)38(34,29-24)37-2/h4-11,13,30,32,35-36H,12H2,1-3H3,(H,27,29,34). The lowest BCUT2D eigenvalue weighted by Crippen LogP contribution is -2.35. The molecule has 0 saturated carbocycles. The lowest BCUT2D eigenvalue weighted by Gasteiger charge is -2.30. The van der Waals surface area contributed by atoms with Gasteiger partial charge in [0.2, 0.25) is 0 Å². The molecule has 0 amide bonds. The molecule has 0 spiro atoms. The van der Waals surface area contributed by atoms with Gasteiger partial charge in [0.1, 0.15) is 17.1 Å². The van der Waals surface area contributed by atoms with Crippen LogP contribution in [-0.2, 0) is 15.6 Å². The Bertz CT molecular complexity index is 1750. The number of fused-ring (bicyclic) bond motifs is 1. The highest BCUT2D eigenvalue weighted by molar-refractivity contribution is 8.24. The molecule has 0 fully saturated rings. The number of halogens is 1. The van der Waals surface area contributed by atoms with Gasteiger partial charge < -0.3 is 14.9 Å². The molecule has 11 nitrogen and oxygen atoms in total. The van der Waals surface area contributed by atoms with E-state index in [-0.39, 0.29) is 46.1 Å². The van der Waals surface area contributed by atoms with Crippen molar-refractivity contribution in [1.29, 1.82) is 0 Å². The van der Waals surface area contributed by atoms with E-state index in [1.54, 1.807) is 29.8 Å². The molecule has 15 heteroatoms. The second-order valence-corrected chi connectivity index (χ2v) is 13.8. The van der Waals surface area contributed by atoms with Gasteiger partial charge in [-0.1, -0.05) is 12.1 Å². The first kappa shape index (κ1) is 28.0. The largest absolute Gasteiger partial charge is 0.505 e. The Balaban J connectivity index is 1.67. The molecule has 1 aliphatic heterocycles. The summed E-state index contributed by atoms with van der Waals surface area (Å²) in [6, 6.07) is 10.6. The maximum Gasteiger partial charge on any atom is 0.348 e. The summed E-state index contributed by atoms with van der Waals surface area (Å²) in [6.07, 6.45) is 1.20. The van der Waals surface area contributed by atoms with Crippen LogP contribution in [0.1, 0.15) is 16.7 Å². The van der Waals surface area contributed by atoms with Crippen molar-refractivity contribution >= 4 is 52.1 Å². The smallest absolute Gasteiger partial charge is 0.348 e. The number of hydrogen-bond donors (Lipinski definition) is 5. The van der Waals surface area contributed by atoms with Crippen molar-refractivity contribution in [2.75, 3.05) is 23.4 Å². The van der Waals surface area contributed by atoms with Crippen LogP contribution in [0.3, 0.4) is 0 Å². The Morgan fingerprint density at radius 3 is 2.65 bits per heavy atom. The van der Waals surface area contributed by atoms with E-state index in [1.165, 1.54) is 55.0 Å². The second kappa shape index (κ2) is 10.5. The number of nitrogens with zero attached hydrogens (tertiary/aromatic N) is 3. The molecule has 2 aromatic carbocycles. The predicted octanol–water partition coefficient (Wildman–Crippen LogP) is 5.22. The maximum atomic E-state index is 13.9. The molecule has 210 valence electrons. The minimum atomic E-state index is -3.99. The van der Waals surface area contributed by atoms with Gasteiger partial charge in [-0.15, -0.1) is 10.8 Å². The van der Waals surface area contributed by atoms with Crippen LogP contribution in [0.5, 0.6) is 5.75 Å². The van der Waals surface area contributed by atoms with E-state index in [2.05, 4.69) is 19.9 Å². The summed E-state index contributed by atoms with van der Waals surface area (Å²) in [4.78, 5) is 13.7. The molecule has 1 unspecified atom stereocenters. The molecule has 2 aromatic heterocycles. The van der Waals surface area contributed by atoms with Crippen LogP contribution in [0.15, 0.2) is 62.8 Å². The fourth-order valence-corrected chi connectivity index (χ4v) is 6.95. The number of benzene rings is 2. The third-order valence-electron chi connectivity index (χ3n) is 6.06. The van der Waals surface area contributed by atoms with Gasteiger partial charge >= 0.3 is 7.52 Å². The minimum absolute atomic E-state index is 0.0331. The van der Waals surface area contributed by atoms with Crippen molar-refractivity contribution in [1.82, 2.24) is 9.78 Å². The number of aromatic nitrogens is 2. The van der Waals surface area contributed by atoms with Crippen LogP contribution >= 0.6 is 29.6 Å². The Morgan fingerprint density at radius 2 is 2.00 bits per heavy atom. The van der Waals surface area contributed by atoms with Crippen molar-refractivity contribution in [2.45, 2.75) is 13.5 Å². The topological polar surface area (TPSA) is 158 Å². The number of nitrogens with one attached hydrogen (secondary N) is 2. The van der Waals surface area contributed by atoms with Crippen LogP contribution in [-0.4, -0.2) is 43.2 Å². The van der Waals surface area contributed by atoms with Crippen LogP contribution in [0.25, 0.3) is 11.3 Å². The first-order valence-electron chi connectivity index (χ1n) is 11.7. The molecule has 40 heavy (non-hydrogen) atoms. The first-order valence-corrected chi connectivity index (χ1v) is 16.2. The average molecular weight is 606 g/mol. The monoisotopic (exact) mass is 605 g/mol. The van der Waals surface area contributed by atoms with Gasteiger partial charge in [0.15, 0.2) is 11.6 Å². The van der Waals surface area contributed by atoms with Crippen molar-refractivity contribution < 1.29 is 27.7 Å². The van der Waals surface area contributed by atoms with Gasteiger partial charge in [0.05, 0.1) is 23.2 Å². The van der Waals surface area contributed by atoms with Crippen LogP contribution in [0.4, 0.5) is 15.8 Å². The Hall–Kier alpha value is -3.52. The lowest BCUT2D eigenvalue weighted by molar-refractivity contribution is 0.404. The van der Waals surface area contributed by atoms with Gasteiger partial charge in [-0.25, -0.2) is 9.07 Å². The normalized spacial score (nSPS) is 17.1. The Kier molecular flexibility index (Phi) is 7.33. The van der Waals surface area contributed by atoms with E-state index in [0.29, 0.717) is 16.7 Å². The molecule has 0 saturated heterocycles. The molecule has 0 radical (unpaired) electrons. The molecule has 1 atom stereocenters. The van der Waals surface area contributed by atoms with Gasteiger partial charge in [-0.3, -0.25) is 23.2 Å². The lowest BCUT2D eigenvalue weighted by atomic mass is 10.1. The molecule has 4 aromatic rings. The van der Waals surface area contributed by atoms with E-state index in [9.17, 15) is 28.0 Å². The molecule has 0 aliphatic carbocycles. The third kappa shape index (κ3) is 5.42. The third-order valence-corrected chi connectivity index (χ3v) is 9.30. The van der Waals surface area contributed by atoms with Crippen molar-refractivity contribution in [3.05, 3.63) is 86.1 Å². The Labute approximate surface area is 234 Å². The zero-order chi connectivity index (χ0) is 28.8. The fraction of sp³-hybridized carbons (Fsp3) is 0.160. The number of hydrogen-bond acceptors (Lipinski definition) is 10. The van der Waals surface area contributed by atoms with E-state index in [0.717, 1.165) is 4.68 Å². The van der Waals surface area contributed by atoms with Crippen molar-refractivity contribution in [3.63, 3.8) is 0 Å². The molecular weight excluding hydrogens is 580 g/mol. The number of aromatic hydroxyl groups is 1. The zero-order valence-corrected chi connectivity index (χ0v) is 24.0. The molecule has 3 heterocycles. The fourth-order valence-electron chi connectivity index (χ4n) is 4.20. The highest BCUT2D eigenvalue weighted by atomic mass is 32.3. The number of aryl methyl sites for hydroxylation is 1. The summed E-state index contributed by atoms with van der Waals surface area (Å²) < 4.78 is 60.5. The predicted molar refractivity (Wildman–Crippen MR) is 157 cm³/mol. The SMILES string of the molecule is COP1(=O)N=C(c2c(O)c(-c3ccsc3)nn(Cc3ccc(F)c(C)c3)c2=O)Nc2ccc(NS(C)(O)O)cc21. The highest BCUT2D eigenvalue weighted by Gasteiger charge is 2.36. The van der Waals surface area contributed by atoms with Crippen molar-refractivity contribution in [3.8, 4) is 17.0 Å². The van der Waals surface area contributed by atoms with Gasteiger partial charge in [0, 0.05) is 24.3 Å². The summed E-state index contributed by atoms with van der Waals surface area (Å²) >= 11 is 1.37. The number of rotatable bonds is 7. The Morgan fingerprint density at radius 1 is 1.23 bits per heavy atom. The summed E-state index contributed by atoms with van der Waals surface area (Å²) in [5, 5.41) is 22.3. The molecule has 5 N–H and O–H groups in total. The van der Waals surface area contributed by atoms with Crippen molar-refractivity contribution in [2.24, 2.45) is 4.76 Å². The van der Waals surface area contributed by atoms with E-state index in [4.69, 9.17) is 4.52 Å². The van der Waals surface area contributed by atoms with Gasteiger partial charge in [-0.2, -0.15) is 21.2 Å². The molecular formula is C25H25FN5O6PS2. The summed E-state index contributed by atoms with van der Waals surface area (Å²) in [6.45, 7) is 1.58. The number of anilines is 2. The summed E-state index contributed by atoms with van der Waals surface area (Å²) in [5.74, 6) is -1.04.